The van der Waals surface area contributed by atoms with Gasteiger partial charge in [-0.25, -0.2) is 9.37 Å². The molecule has 0 atom stereocenters. The Morgan fingerprint density at radius 2 is 1.96 bits per heavy atom. The molecule has 0 aliphatic heterocycles. The molecule has 2 N–H and O–H groups in total. The van der Waals surface area contributed by atoms with Crippen LogP contribution in [0, 0.1) is 5.82 Å². The Labute approximate surface area is 159 Å². The number of carbonyl (C=O) groups is 1. The molecule has 0 aliphatic carbocycles. The van der Waals surface area contributed by atoms with Crippen molar-refractivity contribution < 1.29 is 9.18 Å². The molecule has 4 aromatic rings. The van der Waals surface area contributed by atoms with Crippen LogP contribution in [-0.2, 0) is 4.79 Å². The van der Waals surface area contributed by atoms with Gasteiger partial charge >= 0.3 is 0 Å². The van der Waals surface area contributed by atoms with Crippen molar-refractivity contribution in [1.82, 2.24) is 15.2 Å². The van der Waals surface area contributed by atoms with Crippen LogP contribution in [0.2, 0.25) is 5.02 Å². The Hall–Kier alpha value is -3.25. The number of nitrogens with one attached hydrogen (secondary N) is 2. The number of hydrogen-bond donors (Lipinski definition) is 2. The fraction of sp³-hybridized carbons (Fsp3) is 0.0500. The summed E-state index contributed by atoms with van der Waals surface area (Å²) >= 11 is 5.75. The van der Waals surface area contributed by atoms with Crippen LogP contribution in [0.1, 0.15) is 6.92 Å². The largest absolute Gasteiger partial charge is 0.326 e. The van der Waals surface area contributed by atoms with Crippen molar-refractivity contribution in [1.29, 1.82) is 0 Å². The van der Waals surface area contributed by atoms with Gasteiger partial charge in [-0.05, 0) is 36.4 Å². The van der Waals surface area contributed by atoms with Crippen molar-refractivity contribution in [3.8, 4) is 22.5 Å². The number of pyridine rings is 1. The normalized spacial score (nSPS) is 10.9. The van der Waals surface area contributed by atoms with Gasteiger partial charge in [0.1, 0.15) is 5.82 Å². The lowest BCUT2D eigenvalue weighted by Crippen LogP contribution is -2.05. The molecule has 0 bridgehead atoms. The van der Waals surface area contributed by atoms with Gasteiger partial charge in [-0.3, -0.25) is 9.89 Å². The molecule has 5 nitrogen and oxygen atoms in total. The van der Waals surface area contributed by atoms with Gasteiger partial charge in [0.05, 0.1) is 16.4 Å². The lowest BCUT2D eigenvalue weighted by Gasteiger charge is -2.06. The predicted molar refractivity (Wildman–Crippen MR) is 104 cm³/mol. The molecule has 1 amide bonds. The van der Waals surface area contributed by atoms with Crippen molar-refractivity contribution in [2.24, 2.45) is 0 Å². The summed E-state index contributed by atoms with van der Waals surface area (Å²) in [5.41, 5.74) is 4.09. The summed E-state index contributed by atoms with van der Waals surface area (Å²) in [5.74, 6) is -0.626. The van der Waals surface area contributed by atoms with E-state index in [2.05, 4.69) is 20.5 Å². The minimum absolute atomic E-state index is 0.0713. The van der Waals surface area contributed by atoms with Gasteiger partial charge in [-0.15, -0.1) is 0 Å². The number of amides is 1. The summed E-state index contributed by atoms with van der Waals surface area (Å²) in [4.78, 5) is 15.8. The van der Waals surface area contributed by atoms with Crippen LogP contribution in [0.4, 0.5) is 10.1 Å². The first-order chi connectivity index (χ1) is 13.0. The molecule has 2 aromatic heterocycles. The molecule has 7 heteroatoms. The highest BCUT2D eigenvalue weighted by atomic mass is 35.5. The van der Waals surface area contributed by atoms with E-state index in [4.69, 9.17) is 11.6 Å². The molecule has 4 rings (SSSR count). The third-order valence-electron chi connectivity index (χ3n) is 4.11. The van der Waals surface area contributed by atoms with Crippen LogP contribution in [0.3, 0.4) is 0 Å². The molecule has 0 saturated heterocycles. The van der Waals surface area contributed by atoms with Crippen LogP contribution in [0.15, 0.2) is 54.6 Å². The fourth-order valence-corrected chi connectivity index (χ4v) is 3.01. The monoisotopic (exact) mass is 380 g/mol. The van der Waals surface area contributed by atoms with E-state index in [9.17, 15) is 9.18 Å². The smallest absolute Gasteiger partial charge is 0.221 e. The Morgan fingerprint density at radius 1 is 1.11 bits per heavy atom. The number of carbonyl (C=O) groups excluding carboxylic acids is 1. The summed E-state index contributed by atoms with van der Waals surface area (Å²) < 4.78 is 13.8. The van der Waals surface area contributed by atoms with Crippen LogP contribution in [-0.4, -0.2) is 21.1 Å². The average molecular weight is 381 g/mol. The number of rotatable bonds is 3. The number of aromatic nitrogens is 3. The van der Waals surface area contributed by atoms with Crippen LogP contribution in [0.5, 0.6) is 0 Å². The Kier molecular flexibility index (Phi) is 4.33. The lowest BCUT2D eigenvalue weighted by molar-refractivity contribution is -0.114. The number of H-pyrrole nitrogens is 1. The van der Waals surface area contributed by atoms with E-state index < -0.39 is 5.82 Å². The van der Waals surface area contributed by atoms with E-state index in [0.717, 1.165) is 16.6 Å². The van der Waals surface area contributed by atoms with Crippen LogP contribution < -0.4 is 5.32 Å². The molecule has 2 heterocycles. The first kappa shape index (κ1) is 17.2. The number of fused-ring (bicyclic) bond motifs is 1. The van der Waals surface area contributed by atoms with Crippen molar-refractivity contribution in [3.05, 3.63) is 65.4 Å². The van der Waals surface area contributed by atoms with E-state index in [0.29, 0.717) is 22.6 Å². The summed E-state index contributed by atoms with van der Waals surface area (Å²) in [6, 6.07) is 15.7. The summed E-state index contributed by atoms with van der Waals surface area (Å²) in [6.07, 6.45) is 0. The molecular weight excluding hydrogens is 367 g/mol. The topological polar surface area (TPSA) is 70.7 Å². The standard InChI is InChI=1S/C20H14ClFN4O/c1-11(27)23-14-4-2-3-12(9-14)18-8-6-15-19(25-26-20(15)24-18)13-5-7-16(21)17(22)10-13/h2-10H,1H3,(H,23,27)(H,24,25,26). The number of benzene rings is 2. The number of aromatic amines is 1. The van der Waals surface area contributed by atoms with Gasteiger partial charge in [0.25, 0.3) is 0 Å². The van der Waals surface area contributed by atoms with Crippen molar-refractivity contribution in [2.45, 2.75) is 6.92 Å². The van der Waals surface area contributed by atoms with Gasteiger partial charge in [0.2, 0.25) is 5.91 Å². The molecule has 0 aliphatic rings. The second kappa shape index (κ2) is 6.81. The maximum absolute atomic E-state index is 13.8. The molecule has 134 valence electrons. The lowest BCUT2D eigenvalue weighted by atomic mass is 10.1. The number of hydrogen-bond acceptors (Lipinski definition) is 3. The zero-order valence-electron chi connectivity index (χ0n) is 14.3. The van der Waals surface area contributed by atoms with Crippen LogP contribution in [0.25, 0.3) is 33.5 Å². The molecule has 0 spiro atoms. The summed E-state index contributed by atoms with van der Waals surface area (Å²) in [6.45, 7) is 1.46. The second-order valence-electron chi connectivity index (χ2n) is 6.06. The van der Waals surface area contributed by atoms with E-state index >= 15 is 0 Å². The molecule has 0 saturated carbocycles. The summed E-state index contributed by atoms with van der Waals surface area (Å²) in [5, 5.41) is 10.8. The van der Waals surface area contributed by atoms with Crippen molar-refractivity contribution >= 4 is 34.2 Å². The molecule has 27 heavy (non-hydrogen) atoms. The first-order valence-corrected chi connectivity index (χ1v) is 8.57. The quantitative estimate of drug-likeness (QED) is 0.523. The predicted octanol–water partition coefficient (Wildman–Crippen LogP) is 5.04. The van der Waals surface area contributed by atoms with E-state index in [1.807, 2.05) is 36.4 Å². The molecular formula is C20H14ClFN4O. The maximum Gasteiger partial charge on any atom is 0.221 e. The van der Waals surface area contributed by atoms with Gasteiger partial charge < -0.3 is 5.32 Å². The Bertz CT molecular complexity index is 1170. The SMILES string of the molecule is CC(=O)Nc1cccc(-c2ccc3c(-c4ccc(Cl)c(F)c4)[nH]nc3n2)c1. The molecule has 0 radical (unpaired) electrons. The molecule has 0 unspecified atom stereocenters. The Balaban J connectivity index is 1.74. The third kappa shape index (κ3) is 3.39. The summed E-state index contributed by atoms with van der Waals surface area (Å²) in [7, 11) is 0. The van der Waals surface area contributed by atoms with Crippen molar-refractivity contribution in [3.63, 3.8) is 0 Å². The van der Waals surface area contributed by atoms with Gasteiger partial charge in [0, 0.05) is 29.1 Å². The third-order valence-corrected chi connectivity index (χ3v) is 4.41. The number of anilines is 1. The highest BCUT2D eigenvalue weighted by molar-refractivity contribution is 6.30. The average Bonchev–Trinajstić information content (AvgIpc) is 3.07. The first-order valence-electron chi connectivity index (χ1n) is 8.20. The highest BCUT2D eigenvalue weighted by Gasteiger charge is 2.12. The number of nitrogens with zero attached hydrogens (tertiary/aromatic N) is 2. The minimum atomic E-state index is -0.490. The zero-order chi connectivity index (χ0) is 19.0. The van der Waals surface area contributed by atoms with Gasteiger partial charge in [-0.2, -0.15) is 5.10 Å². The second-order valence-corrected chi connectivity index (χ2v) is 6.46. The molecule has 2 aromatic carbocycles. The van der Waals surface area contributed by atoms with Crippen LogP contribution >= 0.6 is 11.6 Å². The number of halogens is 2. The maximum atomic E-state index is 13.8. The highest BCUT2D eigenvalue weighted by Crippen LogP contribution is 2.30. The van der Waals surface area contributed by atoms with Gasteiger partial charge in [0.15, 0.2) is 5.65 Å². The fourth-order valence-electron chi connectivity index (χ4n) is 2.89. The Morgan fingerprint density at radius 3 is 2.74 bits per heavy atom. The van der Waals surface area contributed by atoms with E-state index in [-0.39, 0.29) is 10.9 Å². The minimum Gasteiger partial charge on any atom is -0.326 e. The zero-order valence-corrected chi connectivity index (χ0v) is 15.0. The van der Waals surface area contributed by atoms with E-state index in [1.165, 1.54) is 19.1 Å². The molecule has 0 fully saturated rings. The van der Waals surface area contributed by atoms with Crippen molar-refractivity contribution in [2.75, 3.05) is 5.32 Å². The van der Waals surface area contributed by atoms with Gasteiger partial charge in [-0.1, -0.05) is 29.8 Å². The van der Waals surface area contributed by atoms with E-state index in [1.54, 1.807) is 6.07 Å².